The summed E-state index contributed by atoms with van der Waals surface area (Å²) in [4.78, 5) is 16.5. The zero-order valence-corrected chi connectivity index (χ0v) is 17.9. The number of hydrogen-bond donors (Lipinski definition) is 0. The van der Waals surface area contributed by atoms with E-state index < -0.39 is 0 Å². The standard InChI is InChI=1S/C28H19N3O2/c1-33-28(32)21-14-11-19(12-15-21)13-16-22-17-23(20-7-3-2-4-8-20)24(18-29)27-30-25-9-5-6-10-26(25)31(22)27/h2-17H,1H3/b16-13+. The molecule has 0 aliphatic carbocycles. The number of imidazole rings is 1. The van der Waals surface area contributed by atoms with Crippen molar-refractivity contribution in [3.63, 3.8) is 0 Å². The number of carbonyl (C=O) groups is 1. The molecule has 5 heteroatoms. The molecule has 0 saturated carbocycles. The Hall–Kier alpha value is -4.69. The van der Waals surface area contributed by atoms with Crippen molar-refractivity contribution in [1.82, 2.24) is 9.38 Å². The Balaban J connectivity index is 1.71. The van der Waals surface area contributed by atoms with E-state index in [1.807, 2.05) is 89.3 Å². The number of para-hydroxylation sites is 2. The highest BCUT2D eigenvalue weighted by molar-refractivity contribution is 5.91. The summed E-state index contributed by atoms with van der Waals surface area (Å²) >= 11 is 0. The van der Waals surface area contributed by atoms with Gasteiger partial charge in [0.1, 0.15) is 11.6 Å². The fourth-order valence-electron chi connectivity index (χ4n) is 3.97. The topological polar surface area (TPSA) is 67.4 Å². The van der Waals surface area contributed by atoms with Gasteiger partial charge in [-0.1, -0.05) is 60.7 Å². The van der Waals surface area contributed by atoms with Crippen LogP contribution in [0, 0.1) is 11.3 Å². The van der Waals surface area contributed by atoms with Gasteiger partial charge in [-0.15, -0.1) is 0 Å². The molecule has 0 saturated heterocycles. The van der Waals surface area contributed by atoms with Gasteiger partial charge in [-0.25, -0.2) is 9.78 Å². The number of methoxy groups -OCH3 is 1. The summed E-state index contributed by atoms with van der Waals surface area (Å²) in [5.74, 6) is -0.364. The lowest BCUT2D eigenvalue weighted by Crippen LogP contribution is -2.00. The number of hydrogen-bond acceptors (Lipinski definition) is 4. The first-order chi connectivity index (χ1) is 16.2. The summed E-state index contributed by atoms with van der Waals surface area (Å²) in [7, 11) is 1.37. The number of aromatic nitrogens is 2. The van der Waals surface area contributed by atoms with Crippen LogP contribution in [0.25, 0.3) is 40.0 Å². The molecular weight excluding hydrogens is 410 g/mol. The van der Waals surface area contributed by atoms with Gasteiger partial charge in [0.15, 0.2) is 5.65 Å². The third-order valence-electron chi connectivity index (χ3n) is 5.58. The Morgan fingerprint density at radius 2 is 1.70 bits per heavy atom. The summed E-state index contributed by atoms with van der Waals surface area (Å²) in [5, 5.41) is 10.0. The number of nitriles is 1. The summed E-state index contributed by atoms with van der Waals surface area (Å²) in [6.45, 7) is 0. The lowest BCUT2D eigenvalue weighted by atomic mass is 10.00. The van der Waals surface area contributed by atoms with Crippen LogP contribution in [-0.2, 0) is 4.74 Å². The van der Waals surface area contributed by atoms with Crippen molar-refractivity contribution in [2.45, 2.75) is 0 Å². The molecule has 0 aliphatic rings. The van der Waals surface area contributed by atoms with Gasteiger partial charge in [0.2, 0.25) is 0 Å². The Morgan fingerprint density at radius 3 is 2.42 bits per heavy atom. The van der Waals surface area contributed by atoms with Crippen LogP contribution in [0.4, 0.5) is 0 Å². The van der Waals surface area contributed by atoms with E-state index in [1.165, 1.54) is 7.11 Å². The first kappa shape index (κ1) is 20.2. The molecule has 5 nitrogen and oxygen atoms in total. The molecule has 0 N–H and O–H groups in total. The number of pyridine rings is 1. The predicted molar refractivity (Wildman–Crippen MR) is 130 cm³/mol. The maximum absolute atomic E-state index is 11.7. The first-order valence-electron chi connectivity index (χ1n) is 10.5. The molecule has 3 aromatic carbocycles. The van der Waals surface area contributed by atoms with Crippen molar-refractivity contribution in [2.75, 3.05) is 7.11 Å². The van der Waals surface area contributed by atoms with E-state index in [0.717, 1.165) is 33.4 Å². The van der Waals surface area contributed by atoms with Crippen molar-refractivity contribution in [3.05, 3.63) is 107 Å². The minimum Gasteiger partial charge on any atom is -0.465 e. The zero-order valence-electron chi connectivity index (χ0n) is 17.9. The normalized spacial score (nSPS) is 11.2. The fourth-order valence-corrected chi connectivity index (χ4v) is 3.97. The van der Waals surface area contributed by atoms with Crippen molar-refractivity contribution >= 4 is 34.8 Å². The smallest absolute Gasteiger partial charge is 0.337 e. The van der Waals surface area contributed by atoms with Crippen LogP contribution in [0.15, 0.2) is 84.9 Å². The van der Waals surface area contributed by atoms with E-state index in [-0.39, 0.29) is 5.97 Å². The van der Waals surface area contributed by atoms with Crippen LogP contribution in [0.1, 0.15) is 27.2 Å². The lowest BCUT2D eigenvalue weighted by Gasteiger charge is -2.10. The fraction of sp³-hybridized carbons (Fsp3) is 0.0357. The van der Waals surface area contributed by atoms with Gasteiger partial charge in [-0.05, 0) is 47.5 Å². The van der Waals surface area contributed by atoms with Gasteiger partial charge < -0.3 is 4.74 Å². The molecule has 5 aromatic rings. The SMILES string of the molecule is COC(=O)c1ccc(/C=C/c2cc(-c3ccccc3)c(C#N)c3nc4ccccc4n23)cc1. The van der Waals surface area contributed by atoms with Crippen LogP contribution >= 0.6 is 0 Å². The van der Waals surface area contributed by atoms with Crippen LogP contribution in [0.2, 0.25) is 0 Å². The molecule has 0 amide bonds. The van der Waals surface area contributed by atoms with Gasteiger partial charge in [-0.2, -0.15) is 5.26 Å². The molecule has 0 aliphatic heterocycles. The van der Waals surface area contributed by atoms with Crippen molar-refractivity contribution < 1.29 is 9.53 Å². The highest BCUT2D eigenvalue weighted by Gasteiger charge is 2.17. The molecule has 158 valence electrons. The van der Waals surface area contributed by atoms with Crippen LogP contribution < -0.4 is 0 Å². The van der Waals surface area contributed by atoms with Crippen LogP contribution in [0.3, 0.4) is 0 Å². The third kappa shape index (κ3) is 3.64. The molecule has 0 atom stereocenters. The Morgan fingerprint density at radius 1 is 0.970 bits per heavy atom. The average Bonchev–Trinajstić information content (AvgIpc) is 3.27. The van der Waals surface area contributed by atoms with E-state index in [2.05, 4.69) is 6.07 Å². The number of esters is 1. The largest absolute Gasteiger partial charge is 0.465 e. The number of carbonyl (C=O) groups excluding carboxylic acids is 1. The third-order valence-corrected chi connectivity index (χ3v) is 5.58. The van der Waals surface area contributed by atoms with Crippen molar-refractivity contribution in [3.8, 4) is 17.2 Å². The highest BCUT2D eigenvalue weighted by Crippen LogP contribution is 2.31. The zero-order chi connectivity index (χ0) is 22.8. The number of benzene rings is 3. The molecule has 2 aromatic heterocycles. The molecular formula is C28H19N3O2. The second kappa shape index (κ2) is 8.45. The van der Waals surface area contributed by atoms with Gasteiger partial charge >= 0.3 is 5.97 Å². The van der Waals surface area contributed by atoms with Crippen LogP contribution in [-0.4, -0.2) is 22.5 Å². The van der Waals surface area contributed by atoms with E-state index in [1.54, 1.807) is 12.1 Å². The second-order valence-electron chi connectivity index (χ2n) is 7.54. The van der Waals surface area contributed by atoms with Gasteiger partial charge in [-0.3, -0.25) is 4.40 Å². The number of nitrogens with zero attached hydrogens (tertiary/aromatic N) is 3. The van der Waals surface area contributed by atoms with E-state index in [0.29, 0.717) is 16.8 Å². The monoisotopic (exact) mass is 429 g/mol. The van der Waals surface area contributed by atoms with E-state index in [4.69, 9.17) is 9.72 Å². The van der Waals surface area contributed by atoms with Crippen molar-refractivity contribution in [2.24, 2.45) is 0 Å². The number of ether oxygens (including phenoxy) is 1. The van der Waals surface area contributed by atoms with Gasteiger partial charge in [0.05, 0.1) is 23.7 Å². The first-order valence-corrected chi connectivity index (χ1v) is 10.5. The molecule has 0 fully saturated rings. The number of fused-ring (bicyclic) bond motifs is 3. The van der Waals surface area contributed by atoms with Gasteiger partial charge in [0, 0.05) is 11.3 Å². The van der Waals surface area contributed by atoms with Crippen LogP contribution in [0.5, 0.6) is 0 Å². The average molecular weight is 429 g/mol. The Kier molecular flexibility index (Phi) is 5.18. The molecule has 0 unspecified atom stereocenters. The Bertz CT molecular complexity index is 1560. The maximum atomic E-state index is 11.7. The molecule has 0 bridgehead atoms. The highest BCUT2D eigenvalue weighted by atomic mass is 16.5. The van der Waals surface area contributed by atoms with E-state index in [9.17, 15) is 10.1 Å². The maximum Gasteiger partial charge on any atom is 0.337 e. The quantitative estimate of drug-likeness (QED) is 0.330. The summed E-state index contributed by atoms with van der Waals surface area (Å²) < 4.78 is 6.78. The minimum atomic E-state index is -0.364. The van der Waals surface area contributed by atoms with Gasteiger partial charge in [0.25, 0.3) is 0 Å². The summed E-state index contributed by atoms with van der Waals surface area (Å²) in [5.41, 5.74) is 7.06. The summed E-state index contributed by atoms with van der Waals surface area (Å²) in [6.07, 6.45) is 3.98. The lowest BCUT2D eigenvalue weighted by molar-refractivity contribution is 0.0600. The molecule has 0 radical (unpaired) electrons. The Labute approximate surface area is 190 Å². The predicted octanol–water partition coefficient (Wildman–Crippen LogP) is 5.98. The van der Waals surface area contributed by atoms with Crippen molar-refractivity contribution in [1.29, 1.82) is 5.26 Å². The minimum absolute atomic E-state index is 0.364. The molecule has 0 spiro atoms. The van der Waals surface area contributed by atoms with E-state index >= 15 is 0 Å². The summed E-state index contributed by atoms with van der Waals surface area (Å²) in [6, 6.07) is 29.3. The molecule has 33 heavy (non-hydrogen) atoms. The molecule has 2 heterocycles. The second-order valence-corrected chi connectivity index (χ2v) is 7.54. The molecule has 5 rings (SSSR count). The number of rotatable bonds is 4.